The van der Waals surface area contributed by atoms with Gasteiger partial charge in [-0.2, -0.15) is 0 Å². The van der Waals surface area contributed by atoms with Crippen molar-refractivity contribution >= 4 is 11.6 Å². The summed E-state index contributed by atoms with van der Waals surface area (Å²) in [6, 6.07) is 4.78. The van der Waals surface area contributed by atoms with Crippen LogP contribution in [0.3, 0.4) is 0 Å². The molecule has 18 heavy (non-hydrogen) atoms. The summed E-state index contributed by atoms with van der Waals surface area (Å²) in [5.74, 6) is -0.296. The Morgan fingerprint density at radius 1 is 1.50 bits per heavy atom. The highest BCUT2D eigenvalue weighted by Crippen LogP contribution is 2.39. The first-order valence-electron chi connectivity index (χ1n) is 6.27. The number of hydrogen-bond donors (Lipinski definition) is 1. The summed E-state index contributed by atoms with van der Waals surface area (Å²) < 4.78 is 18.7. The first-order valence-corrected chi connectivity index (χ1v) is 6.65. The van der Waals surface area contributed by atoms with E-state index in [9.17, 15) is 4.39 Å². The lowest BCUT2D eigenvalue weighted by molar-refractivity contribution is -0.0966. The van der Waals surface area contributed by atoms with Crippen LogP contribution >= 0.6 is 11.6 Å². The van der Waals surface area contributed by atoms with Crippen LogP contribution in [0.2, 0.25) is 5.02 Å². The molecule has 0 bridgehead atoms. The molecule has 1 atom stereocenters. The molecule has 100 valence electrons. The third-order valence-electron chi connectivity index (χ3n) is 4.03. The minimum absolute atomic E-state index is 0.0908. The molecule has 1 aliphatic carbocycles. The Balaban J connectivity index is 2.15. The molecular formula is C14H19ClFNO. The zero-order chi connectivity index (χ0) is 13.2. The van der Waals surface area contributed by atoms with Crippen LogP contribution in [0.25, 0.3) is 0 Å². The molecule has 1 aliphatic rings. The van der Waals surface area contributed by atoms with Gasteiger partial charge in [-0.1, -0.05) is 17.7 Å². The normalized spacial score (nSPS) is 19.3. The maximum absolute atomic E-state index is 13.0. The first-order chi connectivity index (χ1) is 8.61. The van der Waals surface area contributed by atoms with Gasteiger partial charge in [0.15, 0.2) is 0 Å². The van der Waals surface area contributed by atoms with Crippen LogP contribution in [0.4, 0.5) is 4.39 Å². The third kappa shape index (κ3) is 2.53. The molecule has 2 nitrogen and oxygen atoms in total. The molecule has 0 saturated heterocycles. The van der Waals surface area contributed by atoms with Gasteiger partial charge in [0.25, 0.3) is 0 Å². The van der Waals surface area contributed by atoms with Crippen LogP contribution in [0.5, 0.6) is 0 Å². The van der Waals surface area contributed by atoms with Crippen molar-refractivity contribution in [1.82, 2.24) is 5.32 Å². The van der Waals surface area contributed by atoms with Gasteiger partial charge in [-0.05, 0) is 50.4 Å². The maximum atomic E-state index is 13.0. The molecule has 0 heterocycles. The fourth-order valence-electron chi connectivity index (χ4n) is 2.68. The highest BCUT2D eigenvalue weighted by molar-refractivity contribution is 6.31. The van der Waals surface area contributed by atoms with Crippen LogP contribution in [0.15, 0.2) is 18.2 Å². The second-order valence-electron chi connectivity index (χ2n) is 4.90. The molecule has 0 aromatic heterocycles. The van der Waals surface area contributed by atoms with E-state index in [1.807, 2.05) is 7.05 Å². The number of hydrogen-bond acceptors (Lipinski definition) is 2. The highest BCUT2D eigenvalue weighted by atomic mass is 35.5. The van der Waals surface area contributed by atoms with E-state index in [1.54, 1.807) is 13.2 Å². The Labute approximate surface area is 112 Å². The molecule has 0 radical (unpaired) electrons. The van der Waals surface area contributed by atoms with Crippen LogP contribution in [-0.4, -0.2) is 25.8 Å². The van der Waals surface area contributed by atoms with Crippen LogP contribution in [-0.2, 0) is 11.2 Å². The summed E-state index contributed by atoms with van der Waals surface area (Å²) >= 11 is 6.08. The van der Waals surface area contributed by atoms with Crippen molar-refractivity contribution < 1.29 is 9.13 Å². The van der Waals surface area contributed by atoms with Gasteiger partial charge in [0.1, 0.15) is 5.82 Å². The summed E-state index contributed by atoms with van der Waals surface area (Å²) in [6.45, 7) is 0. The van der Waals surface area contributed by atoms with Crippen molar-refractivity contribution in [2.24, 2.45) is 0 Å². The quantitative estimate of drug-likeness (QED) is 0.888. The van der Waals surface area contributed by atoms with Gasteiger partial charge >= 0.3 is 0 Å². The van der Waals surface area contributed by atoms with Gasteiger partial charge in [-0.3, -0.25) is 0 Å². The topological polar surface area (TPSA) is 21.3 Å². The van der Waals surface area contributed by atoms with E-state index in [0.29, 0.717) is 5.02 Å². The Bertz CT molecular complexity index is 415. The van der Waals surface area contributed by atoms with Crippen LogP contribution in [0.1, 0.15) is 24.8 Å². The highest BCUT2D eigenvalue weighted by Gasteiger charge is 2.43. The van der Waals surface area contributed by atoms with Crippen LogP contribution < -0.4 is 5.32 Å². The van der Waals surface area contributed by atoms with E-state index in [-0.39, 0.29) is 17.5 Å². The van der Waals surface area contributed by atoms with Gasteiger partial charge < -0.3 is 10.1 Å². The van der Waals surface area contributed by atoms with Crippen molar-refractivity contribution in [2.45, 2.75) is 37.3 Å². The minimum atomic E-state index is -0.296. The molecule has 0 amide bonds. The second-order valence-corrected chi connectivity index (χ2v) is 5.31. The van der Waals surface area contributed by atoms with Gasteiger partial charge in [0.05, 0.1) is 5.60 Å². The fraction of sp³-hybridized carbons (Fsp3) is 0.571. The molecule has 0 aliphatic heterocycles. The lowest BCUT2D eigenvalue weighted by Crippen LogP contribution is -2.56. The third-order valence-corrected chi connectivity index (χ3v) is 4.38. The van der Waals surface area contributed by atoms with Gasteiger partial charge in [0, 0.05) is 18.2 Å². The Morgan fingerprint density at radius 3 is 2.67 bits per heavy atom. The molecule has 1 saturated carbocycles. The number of rotatable bonds is 5. The van der Waals surface area contributed by atoms with Crippen molar-refractivity contribution in [2.75, 3.05) is 14.2 Å². The summed E-state index contributed by atoms with van der Waals surface area (Å²) in [7, 11) is 3.69. The minimum Gasteiger partial charge on any atom is -0.377 e. The molecule has 1 aromatic rings. The van der Waals surface area contributed by atoms with Crippen molar-refractivity contribution in [3.8, 4) is 0 Å². The summed E-state index contributed by atoms with van der Waals surface area (Å²) in [5, 5.41) is 3.80. The smallest absolute Gasteiger partial charge is 0.124 e. The largest absolute Gasteiger partial charge is 0.377 e. The molecule has 1 fully saturated rings. The monoisotopic (exact) mass is 271 g/mol. The Kier molecular flexibility index (Phi) is 4.25. The van der Waals surface area contributed by atoms with E-state index in [0.717, 1.165) is 24.8 Å². The number of ether oxygens (including phenoxy) is 1. The molecule has 1 unspecified atom stereocenters. The maximum Gasteiger partial charge on any atom is 0.124 e. The van der Waals surface area contributed by atoms with Crippen molar-refractivity contribution in [3.05, 3.63) is 34.6 Å². The molecule has 2 rings (SSSR count). The first kappa shape index (κ1) is 13.8. The van der Waals surface area contributed by atoms with Crippen molar-refractivity contribution in [3.63, 3.8) is 0 Å². The average molecular weight is 272 g/mol. The molecule has 1 aromatic carbocycles. The molecule has 4 heteroatoms. The van der Waals surface area contributed by atoms with E-state index in [4.69, 9.17) is 16.3 Å². The van der Waals surface area contributed by atoms with E-state index in [2.05, 4.69) is 5.32 Å². The predicted molar refractivity (Wildman–Crippen MR) is 71.6 cm³/mol. The second kappa shape index (κ2) is 5.55. The lowest BCUT2D eigenvalue weighted by Gasteiger charge is -2.46. The van der Waals surface area contributed by atoms with Gasteiger partial charge in [-0.25, -0.2) is 4.39 Å². The number of methoxy groups -OCH3 is 1. The zero-order valence-corrected chi connectivity index (χ0v) is 11.6. The summed E-state index contributed by atoms with van der Waals surface area (Å²) in [5.41, 5.74) is 0.868. The number of nitrogens with one attached hydrogen (secondary N) is 1. The standard InChI is InChI=1S/C14H19ClFNO/c1-17-13(14(18-2)6-3-7-14)8-10-4-5-11(16)9-12(10)15/h4-5,9,13,17H,3,6-8H2,1-2H3. The molecular weight excluding hydrogens is 253 g/mol. The van der Waals surface area contributed by atoms with Gasteiger partial charge in [0.2, 0.25) is 0 Å². The number of halogens is 2. The zero-order valence-electron chi connectivity index (χ0n) is 10.8. The van der Waals surface area contributed by atoms with E-state index in [1.165, 1.54) is 18.6 Å². The predicted octanol–water partition coefficient (Wildman–Crippen LogP) is 3.18. The summed E-state index contributed by atoms with van der Waals surface area (Å²) in [4.78, 5) is 0. The Morgan fingerprint density at radius 2 is 2.22 bits per heavy atom. The Hall–Kier alpha value is -0.640. The molecule has 0 spiro atoms. The van der Waals surface area contributed by atoms with Crippen molar-refractivity contribution in [1.29, 1.82) is 0 Å². The van der Waals surface area contributed by atoms with Crippen LogP contribution in [0, 0.1) is 5.82 Å². The lowest BCUT2D eigenvalue weighted by atomic mass is 9.72. The fourth-order valence-corrected chi connectivity index (χ4v) is 2.92. The average Bonchev–Trinajstić information content (AvgIpc) is 2.29. The van der Waals surface area contributed by atoms with E-state index >= 15 is 0 Å². The SMILES string of the molecule is CNC(Cc1ccc(F)cc1Cl)C1(OC)CCC1. The number of likely N-dealkylation sites (N-methyl/N-ethyl adjacent to an activating group) is 1. The molecule has 1 N–H and O–H groups in total. The van der Waals surface area contributed by atoms with Gasteiger partial charge in [-0.15, -0.1) is 0 Å². The summed E-state index contributed by atoms with van der Waals surface area (Å²) in [6.07, 6.45) is 4.08. The van der Waals surface area contributed by atoms with E-state index < -0.39 is 0 Å². The number of benzene rings is 1.